The molecule has 8 heteroatoms. The van der Waals surface area contributed by atoms with Crippen LogP contribution in [0.15, 0.2) is 17.0 Å². The average molecular weight is 393 g/mol. The van der Waals surface area contributed by atoms with Gasteiger partial charge in [-0.15, -0.1) is 11.8 Å². The monoisotopic (exact) mass is 392 g/mol. The summed E-state index contributed by atoms with van der Waals surface area (Å²) in [4.78, 5) is 28.9. The van der Waals surface area contributed by atoms with Crippen molar-refractivity contribution in [3.05, 3.63) is 17.8 Å². The molecule has 2 amide bonds. The Kier molecular flexibility index (Phi) is 6.26. The van der Waals surface area contributed by atoms with E-state index >= 15 is 0 Å². The maximum absolute atomic E-state index is 11.9. The lowest BCUT2D eigenvalue weighted by molar-refractivity contribution is -0.113. The Morgan fingerprint density at radius 3 is 2.67 bits per heavy atom. The van der Waals surface area contributed by atoms with Crippen molar-refractivity contribution in [1.82, 2.24) is 15.6 Å². The van der Waals surface area contributed by atoms with Crippen molar-refractivity contribution in [2.45, 2.75) is 75.6 Å². The minimum Gasteiger partial charge on any atom is -0.444 e. The van der Waals surface area contributed by atoms with Crippen LogP contribution in [0.1, 0.15) is 52.1 Å². The van der Waals surface area contributed by atoms with E-state index in [0.29, 0.717) is 24.2 Å². The van der Waals surface area contributed by atoms with E-state index in [1.54, 1.807) is 0 Å². The first-order chi connectivity index (χ1) is 12.8. The number of fused-ring (bicyclic) bond motifs is 1. The van der Waals surface area contributed by atoms with Gasteiger partial charge in [0.15, 0.2) is 0 Å². The Balaban J connectivity index is 1.42. The fourth-order valence-electron chi connectivity index (χ4n) is 3.27. The number of aromatic nitrogens is 1. The summed E-state index contributed by atoms with van der Waals surface area (Å²) in [5.74, 6) is 1.12. The highest BCUT2D eigenvalue weighted by Crippen LogP contribution is 2.29. The van der Waals surface area contributed by atoms with Crippen LogP contribution in [0.5, 0.6) is 0 Å². The molecule has 1 aliphatic heterocycles. The van der Waals surface area contributed by atoms with E-state index in [1.165, 1.54) is 11.8 Å². The summed E-state index contributed by atoms with van der Waals surface area (Å²) in [6.45, 7) is 6.27. The summed E-state index contributed by atoms with van der Waals surface area (Å²) in [6, 6.07) is 4.60. The number of ether oxygens (including phenoxy) is 1. The highest BCUT2D eigenvalue weighted by molar-refractivity contribution is 8.00. The standard InChI is InChI=1S/C19H28N4O3S/c1-19(2,3)26-18(25)22-13-6-4-12(5-7-13)20-10-14-8-9-15-17(21-14)23-16(24)11-27-15/h8-9,12-13,20H,4-7,10-11H2,1-3H3,(H,22,25)(H,21,23,24)/t12-,13-. The number of nitrogens with zero attached hydrogens (tertiary/aromatic N) is 1. The van der Waals surface area contributed by atoms with Crippen molar-refractivity contribution in [2.75, 3.05) is 11.1 Å². The molecular formula is C19H28N4O3S. The fourth-order valence-corrected chi connectivity index (χ4v) is 4.02. The zero-order valence-corrected chi connectivity index (χ0v) is 16.9. The molecule has 0 bridgehead atoms. The molecule has 2 heterocycles. The predicted molar refractivity (Wildman–Crippen MR) is 106 cm³/mol. The first-order valence-electron chi connectivity index (χ1n) is 9.44. The molecule has 2 aliphatic rings. The van der Waals surface area contributed by atoms with Gasteiger partial charge in [-0.05, 0) is 58.6 Å². The lowest BCUT2D eigenvalue weighted by atomic mass is 9.91. The molecule has 7 nitrogen and oxygen atoms in total. The van der Waals surface area contributed by atoms with Crippen LogP contribution in [0, 0.1) is 0 Å². The van der Waals surface area contributed by atoms with Crippen molar-refractivity contribution < 1.29 is 14.3 Å². The van der Waals surface area contributed by atoms with Crippen molar-refractivity contribution >= 4 is 29.6 Å². The number of pyridine rings is 1. The molecule has 3 rings (SSSR count). The third-order valence-corrected chi connectivity index (χ3v) is 5.60. The zero-order chi connectivity index (χ0) is 19.4. The number of thioether (sulfide) groups is 1. The molecular weight excluding hydrogens is 364 g/mol. The number of alkyl carbamates (subject to hydrolysis) is 1. The predicted octanol–water partition coefficient (Wildman–Crippen LogP) is 3.05. The van der Waals surface area contributed by atoms with Gasteiger partial charge in [0.2, 0.25) is 5.91 Å². The molecule has 27 heavy (non-hydrogen) atoms. The second kappa shape index (κ2) is 8.48. The topological polar surface area (TPSA) is 92.3 Å². The molecule has 1 aromatic rings. The third kappa shape index (κ3) is 6.10. The quantitative estimate of drug-likeness (QED) is 0.729. The summed E-state index contributed by atoms with van der Waals surface area (Å²) < 4.78 is 5.32. The lowest BCUT2D eigenvalue weighted by Gasteiger charge is -2.30. The van der Waals surface area contributed by atoms with Crippen LogP contribution in [0.4, 0.5) is 10.6 Å². The highest BCUT2D eigenvalue weighted by atomic mass is 32.2. The van der Waals surface area contributed by atoms with Gasteiger partial charge in [0, 0.05) is 18.6 Å². The zero-order valence-electron chi connectivity index (χ0n) is 16.1. The molecule has 3 N–H and O–H groups in total. The molecule has 0 aromatic carbocycles. The van der Waals surface area contributed by atoms with Crippen LogP contribution >= 0.6 is 11.8 Å². The van der Waals surface area contributed by atoms with E-state index in [1.807, 2.05) is 32.9 Å². The molecule has 148 valence electrons. The van der Waals surface area contributed by atoms with Gasteiger partial charge in [-0.25, -0.2) is 9.78 Å². The van der Waals surface area contributed by atoms with Gasteiger partial charge in [0.05, 0.1) is 16.3 Å². The molecule has 1 fully saturated rings. The van der Waals surface area contributed by atoms with Crippen LogP contribution in [0.3, 0.4) is 0 Å². The van der Waals surface area contributed by atoms with Gasteiger partial charge < -0.3 is 20.7 Å². The van der Waals surface area contributed by atoms with Gasteiger partial charge in [0.1, 0.15) is 11.4 Å². The Bertz CT molecular complexity index is 697. The van der Waals surface area contributed by atoms with Gasteiger partial charge in [-0.1, -0.05) is 0 Å². The second-order valence-electron chi connectivity index (χ2n) is 8.06. The summed E-state index contributed by atoms with van der Waals surface area (Å²) in [6.07, 6.45) is 3.52. The molecule has 0 radical (unpaired) electrons. The number of amides is 2. The van der Waals surface area contributed by atoms with E-state index in [-0.39, 0.29) is 18.0 Å². The molecule has 1 aliphatic carbocycles. The van der Waals surface area contributed by atoms with Crippen LogP contribution in [0.2, 0.25) is 0 Å². The fraction of sp³-hybridized carbons (Fsp3) is 0.632. The summed E-state index contributed by atoms with van der Waals surface area (Å²) in [5, 5.41) is 9.33. The Morgan fingerprint density at radius 1 is 1.26 bits per heavy atom. The number of nitrogens with one attached hydrogen (secondary N) is 3. The normalized spacial score (nSPS) is 22.6. The smallest absolute Gasteiger partial charge is 0.407 e. The molecule has 0 unspecified atom stereocenters. The minimum absolute atomic E-state index is 0.000851. The largest absolute Gasteiger partial charge is 0.444 e. The van der Waals surface area contributed by atoms with E-state index < -0.39 is 5.60 Å². The van der Waals surface area contributed by atoms with Gasteiger partial charge in [0.25, 0.3) is 0 Å². The maximum atomic E-state index is 11.9. The number of carbonyl (C=O) groups is 2. The minimum atomic E-state index is -0.470. The number of carbonyl (C=O) groups excluding carboxylic acids is 2. The van der Waals surface area contributed by atoms with Crippen LogP contribution in [-0.4, -0.2) is 40.4 Å². The Labute approximate surface area is 164 Å². The Morgan fingerprint density at radius 2 is 1.96 bits per heavy atom. The van der Waals surface area contributed by atoms with Crippen LogP contribution in [0.25, 0.3) is 0 Å². The van der Waals surface area contributed by atoms with Gasteiger partial charge in [-0.3, -0.25) is 4.79 Å². The summed E-state index contributed by atoms with van der Waals surface area (Å²) in [7, 11) is 0. The molecule has 1 saturated carbocycles. The molecule has 1 aromatic heterocycles. The van der Waals surface area contributed by atoms with Crippen molar-refractivity contribution in [3.8, 4) is 0 Å². The first kappa shape index (κ1) is 19.9. The average Bonchev–Trinajstić information content (AvgIpc) is 2.59. The van der Waals surface area contributed by atoms with Crippen molar-refractivity contribution in [2.24, 2.45) is 0 Å². The number of anilines is 1. The van der Waals surface area contributed by atoms with Crippen LogP contribution in [-0.2, 0) is 16.1 Å². The van der Waals surface area contributed by atoms with Crippen molar-refractivity contribution in [1.29, 1.82) is 0 Å². The van der Waals surface area contributed by atoms with Gasteiger partial charge in [-0.2, -0.15) is 0 Å². The number of hydrogen-bond donors (Lipinski definition) is 3. The molecule has 0 spiro atoms. The van der Waals surface area contributed by atoms with Crippen molar-refractivity contribution in [3.63, 3.8) is 0 Å². The molecule has 0 atom stereocenters. The first-order valence-corrected chi connectivity index (χ1v) is 10.4. The maximum Gasteiger partial charge on any atom is 0.407 e. The second-order valence-corrected chi connectivity index (χ2v) is 9.08. The van der Waals surface area contributed by atoms with Crippen LogP contribution < -0.4 is 16.0 Å². The highest BCUT2D eigenvalue weighted by Gasteiger charge is 2.25. The summed E-state index contributed by atoms with van der Waals surface area (Å²) in [5.41, 5.74) is 0.452. The number of hydrogen-bond acceptors (Lipinski definition) is 6. The Hall–Kier alpha value is -1.80. The van der Waals surface area contributed by atoms with Gasteiger partial charge >= 0.3 is 6.09 Å². The molecule has 0 saturated heterocycles. The van der Waals surface area contributed by atoms with E-state index in [0.717, 1.165) is 36.3 Å². The third-order valence-electron chi connectivity index (χ3n) is 4.55. The lowest BCUT2D eigenvalue weighted by Crippen LogP contribution is -2.43. The van der Waals surface area contributed by atoms with E-state index in [4.69, 9.17) is 4.74 Å². The number of rotatable bonds is 4. The summed E-state index contributed by atoms with van der Waals surface area (Å²) >= 11 is 1.52. The van der Waals surface area contributed by atoms with E-state index in [2.05, 4.69) is 20.9 Å². The van der Waals surface area contributed by atoms with E-state index in [9.17, 15) is 9.59 Å². The SMILES string of the molecule is CC(C)(C)OC(=O)N[C@H]1CC[C@H](NCc2ccc3c(n2)NC(=O)CS3)CC1.